The van der Waals surface area contributed by atoms with Crippen LogP contribution in [0.1, 0.15) is 56.0 Å². The number of urea groups is 1. The number of hydrogen-bond acceptors (Lipinski definition) is 2. The average molecular weight is 345 g/mol. The van der Waals surface area contributed by atoms with E-state index in [-0.39, 0.29) is 18.0 Å². The molecule has 0 radical (unpaired) electrons. The molecule has 5 nitrogen and oxygen atoms in total. The highest BCUT2D eigenvalue weighted by Crippen LogP contribution is 2.33. The molecule has 0 aromatic heterocycles. The molecule has 1 aliphatic rings. The van der Waals surface area contributed by atoms with Gasteiger partial charge in [0, 0.05) is 24.3 Å². The maximum Gasteiger partial charge on any atom is 0.319 e. The van der Waals surface area contributed by atoms with E-state index in [1.807, 2.05) is 13.0 Å². The zero-order chi connectivity index (χ0) is 18.6. The number of rotatable bonds is 4. The molecule has 0 heterocycles. The van der Waals surface area contributed by atoms with E-state index in [2.05, 4.69) is 36.7 Å². The molecule has 25 heavy (non-hydrogen) atoms. The zero-order valence-electron chi connectivity index (χ0n) is 16.0. The molecule has 1 aromatic rings. The number of amides is 3. The van der Waals surface area contributed by atoms with Gasteiger partial charge in [-0.15, -0.1) is 0 Å². The maximum absolute atomic E-state index is 12.5. The van der Waals surface area contributed by atoms with Crippen molar-refractivity contribution in [3.05, 3.63) is 29.3 Å². The summed E-state index contributed by atoms with van der Waals surface area (Å²) in [5.74, 6) is 1.55. The van der Waals surface area contributed by atoms with Crippen molar-refractivity contribution in [1.82, 2.24) is 10.6 Å². The first-order chi connectivity index (χ1) is 11.8. The van der Waals surface area contributed by atoms with Crippen LogP contribution in [0, 0.1) is 24.7 Å². The normalized spacial score (nSPS) is 23.2. The van der Waals surface area contributed by atoms with E-state index in [4.69, 9.17) is 0 Å². The second-order valence-electron chi connectivity index (χ2n) is 7.59. The van der Waals surface area contributed by atoms with E-state index >= 15 is 0 Å². The van der Waals surface area contributed by atoms with Crippen LogP contribution in [0.2, 0.25) is 0 Å². The summed E-state index contributed by atoms with van der Waals surface area (Å²) in [5.41, 5.74) is 2.02. The molecular weight excluding hydrogens is 314 g/mol. The molecule has 0 saturated heterocycles. The Morgan fingerprint density at radius 1 is 1.20 bits per heavy atom. The fourth-order valence-electron chi connectivity index (χ4n) is 3.85. The molecule has 138 valence electrons. The standard InChI is InChI=1S/C20H31N3O2/c1-12(2)15-10-9-13(3)11-18(15)23-20(25)22-17-8-6-7-16(14(17)4)19(24)21-5/h6-8,12-13,15,18H,9-11H2,1-5H3,(H,21,24)(H2,22,23,25). The highest BCUT2D eigenvalue weighted by molar-refractivity contribution is 5.98. The summed E-state index contributed by atoms with van der Waals surface area (Å²) < 4.78 is 0. The highest BCUT2D eigenvalue weighted by atomic mass is 16.2. The summed E-state index contributed by atoms with van der Waals surface area (Å²) in [6.07, 6.45) is 3.42. The van der Waals surface area contributed by atoms with Crippen LogP contribution in [-0.2, 0) is 0 Å². The van der Waals surface area contributed by atoms with Gasteiger partial charge in [-0.3, -0.25) is 4.79 Å². The van der Waals surface area contributed by atoms with Gasteiger partial charge in [-0.1, -0.05) is 33.3 Å². The molecule has 0 spiro atoms. The molecule has 0 aliphatic heterocycles. The lowest BCUT2D eigenvalue weighted by molar-refractivity contribution is 0.0962. The predicted molar refractivity (Wildman–Crippen MR) is 102 cm³/mol. The summed E-state index contributed by atoms with van der Waals surface area (Å²) >= 11 is 0. The molecule has 0 bridgehead atoms. The molecule has 2 rings (SSSR count). The summed E-state index contributed by atoms with van der Waals surface area (Å²) in [5, 5.41) is 8.71. The van der Waals surface area contributed by atoms with Gasteiger partial charge in [-0.2, -0.15) is 0 Å². The molecule has 3 atom stereocenters. The van der Waals surface area contributed by atoms with Crippen LogP contribution in [0.15, 0.2) is 18.2 Å². The number of hydrogen-bond donors (Lipinski definition) is 3. The fraction of sp³-hybridized carbons (Fsp3) is 0.600. The topological polar surface area (TPSA) is 70.2 Å². The van der Waals surface area contributed by atoms with Gasteiger partial charge in [0.1, 0.15) is 0 Å². The van der Waals surface area contributed by atoms with Crippen molar-refractivity contribution in [2.45, 2.75) is 53.0 Å². The van der Waals surface area contributed by atoms with E-state index in [9.17, 15) is 9.59 Å². The molecule has 1 aliphatic carbocycles. The van der Waals surface area contributed by atoms with Crippen molar-refractivity contribution in [2.75, 3.05) is 12.4 Å². The van der Waals surface area contributed by atoms with E-state index in [1.165, 1.54) is 6.42 Å². The third kappa shape index (κ3) is 4.74. The Balaban J connectivity index is 2.08. The van der Waals surface area contributed by atoms with Crippen LogP contribution in [0.4, 0.5) is 10.5 Å². The van der Waals surface area contributed by atoms with Crippen molar-refractivity contribution in [1.29, 1.82) is 0 Å². The van der Waals surface area contributed by atoms with Gasteiger partial charge in [-0.25, -0.2) is 4.79 Å². The smallest absolute Gasteiger partial charge is 0.319 e. The molecular formula is C20H31N3O2. The van der Waals surface area contributed by atoms with Crippen LogP contribution in [0.5, 0.6) is 0 Å². The lowest BCUT2D eigenvalue weighted by Gasteiger charge is -2.37. The Kier molecular flexibility index (Phi) is 6.45. The maximum atomic E-state index is 12.5. The Morgan fingerprint density at radius 2 is 1.92 bits per heavy atom. The van der Waals surface area contributed by atoms with Crippen molar-refractivity contribution >= 4 is 17.6 Å². The average Bonchev–Trinajstić information content (AvgIpc) is 2.55. The summed E-state index contributed by atoms with van der Waals surface area (Å²) in [7, 11) is 1.60. The van der Waals surface area contributed by atoms with E-state index in [0.29, 0.717) is 29.0 Å². The molecule has 3 amide bonds. The van der Waals surface area contributed by atoms with Crippen molar-refractivity contribution in [3.8, 4) is 0 Å². The summed E-state index contributed by atoms with van der Waals surface area (Å²) in [6, 6.07) is 5.37. The third-order valence-corrected chi connectivity index (χ3v) is 5.39. The Morgan fingerprint density at radius 3 is 2.56 bits per heavy atom. The van der Waals surface area contributed by atoms with Crippen LogP contribution < -0.4 is 16.0 Å². The first-order valence-corrected chi connectivity index (χ1v) is 9.22. The first-order valence-electron chi connectivity index (χ1n) is 9.22. The first kappa shape index (κ1) is 19.3. The van der Waals surface area contributed by atoms with Gasteiger partial charge in [0.15, 0.2) is 0 Å². The van der Waals surface area contributed by atoms with Crippen LogP contribution >= 0.6 is 0 Å². The van der Waals surface area contributed by atoms with Gasteiger partial charge >= 0.3 is 6.03 Å². The summed E-state index contributed by atoms with van der Waals surface area (Å²) in [6.45, 7) is 8.55. The van der Waals surface area contributed by atoms with Crippen LogP contribution in [-0.4, -0.2) is 25.0 Å². The Bertz CT molecular complexity index is 627. The number of carbonyl (C=O) groups is 2. The van der Waals surface area contributed by atoms with E-state index in [0.717, 1.165) is 18.4 Å². The number of anilines is 1. The molecule has 5 heteroatoms. The monoisotopic (exact) mass is 345 g/mol. The lowest BCUT2D eigenvalue weighted by atomic mass is 9.74. The molecule has 1 saturated carbocycles. The molecule has 1 aromatic carbocycles. The fourth-order valence-corrected chi connectivity index (χ4v) is 3.85. The second-order valence-corrected chi connectivity index (χ2v) is 7.59. The van der Waals surface area contributed by atoms with Gasteiger partial charge in [0.25, 0.3) is 5.91 Å². The Hall–Kier alpha value is -2.04. The third-order valence-electron chi connectivity index (χ3n) is 5.39. The SMILES string of the molecule is CNC(=O)c1cccc(NC(=O)NC2CC(C)CCC2C(C)C)c1C. The summed E-state index contributed by atoms with van der Waals surface area (Å²) in [4.78, 5) is 24.4. The number of nitrogens with one attached hydrogen (secondary N) is 3. The van der Waals surface area contributed by atoms with Crippen molar-refractivity contribution < 1.29 is 9.59 Å². The van der Waals surface area contributed by atoms with Crippen molar-refractivity contribution in [3.63, 3.8) is 0 Å². The Labute approximate surface area is 151 Å². The van der Waals surface area contributed by atoms with Gasteiger partial charge in [0.2, 0.25) is 0 Å². The molecule has 3 N–H and O–H groups in total. The highest BCUT2D eigenvalue weighted by Gasteiger charge is 2.31. The minimum absolute atomic E-state index is 0.150. The second kappa shape index (κ2) is 8.37. The van der Waals surface area contributed by atoms with Gasteiger partial charge in [0.05, 0.1) is 0 Å². The predicted octanol–water partition coefficient (Wildman–Crippen LogP) is 3.94. The zero-order valence-corrected chi connectivity index (χ0v) is 16.0. The number of carbonyl (C=O) groups excluding carboxylic acids is 2. The molecule has 3 unspecified atom stereocenters. The van der Waals surface area contributed by atoms with Crippen LogP contribution in [0.3, 0.4) is 0 Å². The quantitative estimate of drug-likeness (QED) is 0.773. The van der Waals surface area contributed by atoms with Crippen LogP contribution in [0.25, 0.3) is 0 Å². The largest absolute Gasteiger partial charge is 0.355 e. The lowest BCUT2D eigenvalue weighted by Crippen LogP contribution is -2.47. The van der Waals surface area contributed by atoms with E-state index in [1.54, 1.807) is 19.2 Å². The molecule has 1 fully saturated rings. The number of benzene rings is 1. The van der Waals surface area contributed by atoms with Gasteiger partial charge in [-0.05, 0) is 55.2 Å². The van der Waals surface area contributed by atoms with Gasteiger partial charge < -0.3 is 16.0 Å². The minimum Gasteiger partial charge on any atom is -0.355 e. The van der Waals surface area contributed by atoms with Crippen molar-refractivity contribution in [2.24, 2.45) is 17.8 Å². The minimum atomic E-state index is -0.193. The van der Waals surface area contributed by atoms with E-state index < -0.39 is 0 Å².